The number of hydrogen-bond donors (Lipinski definition) is 0. The Bertz CT molecular complexity index is 781. The average molecular weight is 365 g/mol. The van der Waals surface area contributed by atoms with E-state index in [0.29, 0.717) is 10.8 Å². The minimum Gasteiger partial charge on any atom is -0.496 e. The molecular weight excluding hydrogens is 348 g/mol. The van der Waals surface area contributed by atoms with Crippen LogP contribution in [0.15, 0.2) is 42.5 Å². The predicted octanol–water partition coefficient (Wildman–Crippen LogP) is 3.41. The number of methoxy groups -OCH3 is 1. The van der Waals surface area contributed by atoms with Crippen LogP contribution in [0.5, 0.6) is 11.5 Å². The topological polar surface area (TPSA) is 81.9 Å². The Balaban J connectivity index is 2.05. The number of nitro benzene ring substituents is 1. The van der Waals surface area contributed by atoms with Crippen LogP contribution in [0.25, 0.3) is 0 Å². The fourth-order valence-corrected chi connectivity index (χ4v) is 2.33. The maximum Gasteiger partial charge on any atom is 0.270 e. The second-order valence-electron chi connectivity index (χ2n) is 5.15. The third kappa shape index (κ3) is 4.60. The van der Waals surface area contributed by atoms with Crippen molar-refractivity contribution in [3.63, 3.8) is 0 Å². The molecule has 0 N–H and O–H groups in total. The Hall–Kier alpha value is -2.80. The van der Waals surface area contributed by atoms with E-state index in [1.807, 2.05) is 0 Å². The molecule has 0 aromatic heterocycles. The van der Waals surface area contributed by atoms with E-state index in [1.165, 1.54) is 30.2 Å². The van der Waals surface area contributed by atoms with E-state index < -0.39 is 10.8 Å². The van der Waals surface area contributed by atoms with Crippen LogP contribution in [0.1, 0.15) is 10.4 Å². The standard InChI is InChI=1S/C17H17ClN2O5/c1-19(9-10-25-16-6-4-3-5-14(16)18)17(21)13-11-12(20(22)23)7-8-15(13)24-2/h3-8,11H,9-10H2,1-2H3. The number of non-ortho nitro benzene ring substituents is 1. The molecule has 0 fully saturated rings. The first kappa shape index (κ1) is 18.5. The van der Waals surface area contributed by atoms with Crippen LogP contribution < -0.4 is 9.47 Å². The summed E-state index contributed by atoms with van der Waals surface area (Å²) < 4.78 is 10.7. The maximum atomic E-state index is 12.6. The average Bonchev–Trinajstić information content (AvgIpc) is 2.61. The third-order valence-corrected chi connectivity index (χ3v) is 3.80. The molecule has 0 aliphatic heterocycles. The summed E-state index contributed by atoms with van der Waals surface area (Å²) in [5, 5.41) is 11.4. The molecule has 0 aliphatic carbocycles. The van der Waals surface area contributed by atoms with Crippen LogP contribution >= 0.6 is 11.6 Å². The van der Waals surface area contributed by atoms with Gasteiger partial charge in [-0.1, -0.05) is 23.7 Å². The molecule has 1 amide bonds. The summed E-state index contributed by atoms with van der Waals surface area (Å²) in [5.41, 5.74) is -0.0539. The van der Waals surface area contributed by atoms with Crippen molar-refractivity contribution < 1.29 is 19.2 Å². The highest BCUT2D eigenvalue weighted by Crippen LogP contribution is 2.25. The molecule has 7 nitrogen and oxygen atoms in total. The lowest BCUT2D eigenvalue weighted by molar-refractivity contribution is -0.384. The molecule has 8 heteroatoms. The van der Waals surface area contributed by atoms with Crippen molar-refractivity contribution in [3.8, 4) is 11.5 Å². The maximum absolute atomic E-state index is 12.6. The first-order valence-electron chi connectivity index (χ1n) is 7.39. The minimum atomic E-state index is -0.559. The number of likely N-dealkylation sites (N-methyl/N-ethyl adjacent to an activating group) is 1. The van der Waals surface area contributed by atoms with E-state index in [4.69, 9.17) is 21.1 Å². The summed E-state index contributed by atoms with van der Waals surface area (Å²) in [6, 6.07) is 10.9. The molecule has 0 heterocycles. The number of para-hydroxylation sites is 1. The minimum absolute atomic E-state index is 0.122. The molecule has 2 aromatic rings. The third-order valence-electron chi connectivity index (χ3n) is 3.49. The monoisotopic (exact) mass is 364 g/mol. The fourth-order valence-electron chi connectivity index (χ4n) is 2.14. The zero-order chi connectivity index (χ0) is 18.4. The van der Waals surface area contributed by atoms with Gasteiger partial charge in [-0.25, -0.2) is 0 Å². The summed E-state index contributed by atoms with van der Waals surface area (Å²) in [6.45, 7) is 0.499. The molecule has 25 heavy (non-hydrogen) atoms. The number of carbonyl (C=O) groups is 1. The number of hydrogen-bond acceptors (Lipinski definition) is 5. The van der Waals surface area contributed by atoms with Gasteiger partial charge < -0.3 is 14.4 Å². The quantitative estimate of drug-likeness (QED) is 0.555. The van der Waals surface area contributed by atoms with Crippen LogP contribution in [-0.2, 0) is 0 Å². The summed E-state index contributed by atoms with van der Waals surface area (Å²) in [5.74, 6) is 0.399. The first-order valence-corrected chi connectivity index (χ1v) is 7.77. The molecular formula is C17H17ClN2O5. The summed E-state index contributed by atoms with van der Waals surface area (Å²) in [7, 11) is 2.98. The van der Waals surface area contributed by atoms with Gasteiger partial charge in [0.1, 0.15) is 18.1 Å². The van der Waals surface area contributed by atoms with Gasteiger partial charge >= 0.3 is 0 Å². The van der Waals surface area contributed by atoms with E-state index in [9.17, 15) is 14.9 Å². The summed E-state index contributed by atoms with van der Waals surface area (Å²) >= 11 is 6.00. The zero-order valence-electron chi connectivity index (χ0n) is 13.8. The molecule has 0 bridgehead atoms. The molecule has 0 atom stereocenters. The molecule has 0 unspecified atom stereocenters. The molecule has 2 aromatic carbocycles. The SMILES string of the molecule is COc1ccc([N+](=O)[O-])cc1C(=O)N(C)CCOc1ccccc1Cl. The number of ether oxygens (including phenoxy) is 2. The Kier molecular flexibility index (Phi) is 6.19. The van der Waals surface area contributed by atoms with Crippen molar-refractivity contribution in [2.45, 2.75) is 0 Å². The Morgan fingerprint density at radius 1 is 1.24 bits per heavy atom. The van der Waals surface area contributed by atoms with E-state index in [1.54, 1.807) is 31.3 Å². The van der Waals surface area contributed by atoms with E-state index in [2.05, 4.69) is 0 Å². The van der Waals surface area contributed by atoms with Crippen molar-refractivity contribution in [2.24, 2.45) is 0 Å². The first-order chi connectivity index (χ1) is 11.9. The van der Waals surface area contributed by atoms with Crippen molar-refractivity contribution in [1.29, 1.82) is 0 Å². The van der Waals surface area contributed by atoms with Gasteiger partial charge in [0.25, 0.3) is 11.6 Å². The predicted molar refractivity (Wildman–Crippen MR) is 93.6 cm³/mol. The number of halogens is 1. The van der Waals surface area contributed by atoms with Gasteiger partial charge in [-0.15, -0.1) is 0 Å². The van der Waals surface area contributed by atoms with Gasteiger partial charge in [0.05, 0.1) is 29.2 Å². The molecule has 0 saturated carbocycles. The highest BCUT2D eigenvalue weighted by molar-refractivity contribution is 6.32. The number of nitrogens with zero attached hydrogens (tertiary/aromatic N) is 2. The number of benzene rings is 2. The van der Waals surface area contributed by atoms with Gasteiger partial charge in [-0.3, -0.25) is 14.9 Å². The van der Waals surface area contributed by atoms with Crippen molar-refractivity contribution in [1.82, 2.24) is 4.90 Å². The van der Waals surface area contributed by atoms with Crippen molar-refractivity contribution in [2.75, 3.05) is 27.3 Å². The van der Waals surface area contributed by atoms with Crippen molar-refractivity contribution in [3.05, 3.63) is 63.2 Å². The van der Waals surface area contributed by atoms with Crippen molar-refractivity contribution >= 4 is 23.2 Å². The Labute approximate surface area is 149 Å². The molecule has 0 saturated heterocycles. The Morgan fingerprint density at radius 3 is 2.60 bits per heavy atom. The van der Waals surface area contributed by atoms with Crippen LogP contribution in [0.3, 0.4) is 0 Å². The smallest absolute Gasteiger partial charge is 0.270 e. The summed E-state index contributed by atoms with van der Waals surface area (Å²) in [4.78, 5) is 24.3. The van der Waals surface area contributed by atoms with E-state index in [-0.39, 0.29) is 30.2 Å². The number of amides is 1. The molecule has 0 spiro atoms. The van der Waals surface area contributed by atoms with Crippen LogP contribution in [0.2, 0.25) is 5.02 Å². The van der Waals surface area contributed by atoms with Crippen LogP contribution in [-0.4, -0.2) is 43.0 Å². The lowest BCUT2D eigenvalue weighted by Crippen LogP contribution is -2.31. The van der Waals surface area contributed by atoms with Crippen LogP contribution in [0.4, 0.5) is 5.69 Å². The number of carbonyl (C=O) groups excluding carboxylic acids is 1. The fraction of sp³-hybridized carbons (Fsp3) is 0.235. The lowest BCUT2D eigenvalue weighted by Gasteiger charge is -2.19. The second kappa shape index (κ2) is 8.34. The normalized spacial score (nSPS) is 10.2. The van der Waals surface area contributed by atoms with Gasteiger partial charge in [-0.05, 0) is 18.2 Å². The lowest BCUT2D eigenvalue weighted by atomic mass is 10.1. The van der Waals surface area contributed by atoms with Gasteiger partial charge in [0.2, 0.25) is 0 Å². The summed E-state index contributed by atoms with van der Waals surface area (Å²) in [6.07, 6.45) is 0. The van der Waals surface area contributed by atoms with Gasteiger partial charge in [-0.2, -0.15) is 0 Å². The number of nitro groups is 1. The highest BCUT2D eigenvalue weighted by atomic mass is 35.5. The molecule has 2 rings (SSSR count). The Morgan fingerprint density at radius 2 is 1.96 bits per heavy atom. The van der Waals surface area contributed by atoms with Gasteiger partial charge in [0.15, 0.2) is 0 Å². The van der Waals surface area contributed by atoms with E-state index in [0.717, 1.165) is 0 Å². The van der Waals surface area contributed by atoms with Crippen LogP contribution in [0, 0.1) is 10.1 Å². The highest BCUT2D eigenvalue weighted by Gasteiger charge is 2.20. The van der Waals surface area contributed by atoms with Gasteiger partial charge in [0, 0.05) is 19.2 Å². The van der Waals surface area contributed by atoms with E-state index >= 15 is 0 Å². The second-order valence-corrected chi connectivity index (χ2v) is 5.55. The molecule has 0 radical (unpaired) electrons. The number of rotatable bonds is 7. The molecule has 0 aliphatic rings. The largest absolute Gasteiger partial charge is 0.496 e. The zero-order valence-corrected chi connectivity index (χ0v) is 14.5. The molecule has 132 valence electrons.